The maximum absolute atomic E-state index is 12.0. The molecule has 158 valence electrons. The number of benzene rings is 2. The smallest absolute Gasteiger partial charge is 0.239 e. The van der Waals surface area contributed by atoms with Crippen molar-refractivity contribution in [1.29, 1.82) is 0 Å². The van der Waals surface area contributed by atoms with Crippen molar-refractivity contribution in [2.75, 3.05) is 33.8 Å². The minimum atomic E-state index is -0.0536. The molecule has 1 amide bonds. The number of guanidine groups is 1. The van der Waals surface area contributed by atoms with Gasteiger partial charge in [0.1, 0.15) is 5.75 Å². The summed E-state index contributed by atoms with van der Waals surface area (Å²) in [5.41, 5.74) is 3.51. The van der Waals surface area contributed by atoms with E-state index in [2.05, 4.69) is 45.2 Å². The zero-order chi connectivity index (χ0) is 20.2. The van der Waals surface area contributed by atoms with Crippen molar-refractivity contribution in [3.05, 3.63) is 65.2 Å². The van der Waals surface area contributed by atoms with Gasteiger partial charge >= 0.3 is 0 Å². The van der Waals surface area contributed by atoms with Crippen molar-refractivity contribution in [2.45, 2.75) is 19.8 Å². The summed E-state index contributed by atoms with van der Waals surface area (Å²) < 4.78 is 5.36. The van der Waals surface area contributed by atoms with Gasteiger partial charge in [-0.15, -0.1) is 24.0 Å². The van der Waals surface area contributed by atoms with E-state index in [9.17, 15) is 4.79 Å². The van der Waals surface area contributed by atoms with Gasteiger partial charge in [-0.1, -0.05) is 42.5 Å². The highest BCUT2D eigenvalue weighted by molar-refractivity contribution is 14.0. The number of aryl methyl sites for hydroxylation is 1. The lowest BCUT2D eigenvalue weighted by atomic mass is 10.1. The summed E-state index contributed by atoms with van der Waals surface area (Å²) in [6.07, 6.45) is 1.65. The van der Waals surface area contributed by atoms with Crippen LogP contribution in [0.3, 0.4) is 0 Å². The molecule has 0 spiro atoms. The van der Waals surface area contributed by atoms with Gasteiger partial charge in [0.15, 0.2) is 5.96 Å². The molecule has 7 heteroatoms. The van der Waals surface area contributed by atoms with E-state index in [0.717, 1.165) is 24.2 Å². The third-order valence-electron chi connectivity index (χ3n) is 4.40. The number of nitrogens with zero attached hydrogens (tertiary/aromatic N) is 1. The number of amides is 1. The lowest BCUT2D eigenvalue weighted by molar-refractivity contribution is -0.119. The Morgan fingerprint density at radius 1 is 0.966 bits per heavy atom. The molecule has 0 aromatic heterocycles. The molecule has 3 N–H and O–H groups in total. The zero-order valence-corrected chi connectivity index (χ0v) is 19.7. The van der Waals surface area contributed by atoms with Gasteiger partial charge in [-0.2, -0.15) is 0 Å². The Hall–Kier alpha value is -2.29. The molecule has 0 aliphatic rings. The average Bonchev–Trinajstić information content (AvgIpc) is 2.72. The largest absolute Gasteiger partial charge is 0.496 e. The van der Waals surface area contributed by atoms with Crippen molar-refractivity contribution in [3.63, 3.8) is 0 Å². The molecular formula is C22H31IN4O2. The number of hydrogen-bond donors (Lipinski definition) is 3. The van der Waals surface area contributed by atoms with Crippen LogP contribution in [0.15, 0.2) is 53.5 Å². The van der Waals surface area contributed by atoms with E-state index < -0.39 is 0 Å². The van der Waals surface area contributed by atoms with Crippen LogP contribution in [0.5, 0.6) is 5.75 Å². The molecule has 0 fully saturated rings. The normalized spacial score (nSPS) is 10.7. The van der Waals surface area contributed by atoms with Crippen LogP contribution in [-0.2, 0) is 17.6 Å². The Balaban J connectivity index is 0.00000420. The highest BCUT2D eigenvalue weighted by Crippen LogP contribution is 2.18. The summed E-state index contributed by atoms with van der Waals surface area (Å²) in [6, 6.07) is 16.3. The van der Waals surface area contributed by atoms with Crippen molar-refractivity contribution in [3.8, 4) is 5.75 Å². The van der Waals surface area contributed by atoms with Gasteiger partial charge in [0.25, 0.3) is 0 Å². The SMILES string of the molecule is CN=C(NCCc1ccc(C)c(OC)c1)NCC(=O)NCCc1ccccc1.I. The minimum absolute atomic E-state index is 0. The van der Waals surface area contributed by atoms with Crippen LogP contribution < -0.4 is 20.7 Å². The van der Waals surface area contributed by atoms with Crippen molar-refractivity contribution in [2.24, 2.45) is 4.99 Å². The third kappa shape index (κ3) is 9.17. The van der Waals surface area contributed by atoms with E-state index >= 15 is 0 Å². The molecule has 0 bridgehead atoms. The van der Waals surface area contributed by atoms with E-state index in [4.69, 9.17) is 4.74 Å². The first kappa shape index (κ1) is 24.7. The maximum Gasteiger partial charge on any atom is 0.239 e. The standard InChI is InChI=1S/C22H30N4O2.HI/c1-17-9-10-19(15-20(17)28-3)12-14-25-22(23-2)26-16-21(27)24-13-11-18-7-5-4-6-8-18;/h4-10,15H,11-14,16H2,1-3H3,(H,24,27)(H2,23,25,26);1H. The molecule has 0 saturated carbocycles. The fourth-order valence-electron chi connectivity index (χ4n) is 2.78. The van der Waals surface area contributed by atoms with Gasteiger partial charge in [-0.25, -0.2) is 0 Å². The summed E-state index contributed by atoms with van der Waals surface area (Å²) in [5.74, 6) is 1.45. The van der Waals surface area contributed by atoms with Crippen LogP contribution in [0.1, 0.15) is 16.7 Å². The van der Waals surface area contributed by atoms with E-state index in [1.54, 1.807) is 14.2 Å². The van der Waals surface area contributed by atoms with Crippen LogP contribution in [0.2, 0.25) is 0 Å². The van der Waals surface area contributed by atoms with Crippen molar-refractivity contribution >= 4 is 35.8 Å². The van der Waals surface area contributed by atoms with Crippen LogP contribution in [0, 0.1) is 6.92 Å². The average molecular weight is 510 g/mol. The lowest BCUT2D eigenvalue weighted by Crippen LogP contribution is -2.44. The fraction of sp³-hybridized carbons (Fsp3) is 0.364. The first-order chi connectivity index (χ1) is 13.6. The number of ether oxygens (including phenoxy) is 1. The molecule has 0 aliphatic carbocycles. The van der Waals surface area contributed by atoms with Gasteiger partial charge in [-0.05, 0) is 42.5 Å². The predicted octanol–water partition coefficient (Wildman–Crippen LogP) is 2.69. The highest BCUT2D eigenvalue weighted by atomic mass is 127. The van der Waals surface area contributed by atoms with Gasteiger partial charge < -0.3 is 20.7 Å². The van der Waals surface area contributed by atoms with Crippen LogP contribution in [-0.4, -0.2) is 45.7 Å². The molecule has 2 rings (SSSR count). The van der Waals surface area contributed by atoms with E-state index in [1.807, 2.05) is 31.2 Å². The molecule has 0 atom stereocenters. The number of carbonyl (C=O) groups is 1. The monoisotopic (exact) mass is 510 g/mol. The number of methoxy groups -OCH3 is 1. The highest BCUT2D eigenvalue weighted by Gasteiger charge is 2.04. The Bertz CT molecular complexity index is 782. The molecule has 0 aliphatic heterocycles. The third-order valence-corrected chi connectivity index (χ3v) is 4.40. The van der Waals surface area contributed by atoms with Gasteiger partial charge in [0.2, 0.25) is 5.91 Å². The van der Waals surface area contributed by atoms with Gasteiger partial charge in [0, 0.05) is 20.1 Å². The van der Waals surface area contributed by atoms with E-state index in [0.29, 0.717) is 19.0 Å². The molecular weight excluding hydrogens is 479 g/mol. The van der Waals surface area contributed by atoms with Crippen LogP contribution in [0.25, 0.3) is 0 Å². The number of carbonyl (C=O) groups excluding carboxylic acids is 1. The topological polar surface area (TPSA) is 74.8 Å². The van der Waals surface area contributed by atoms with Crippen molar-refractivity contribution in [1.82, 2.24) is 16.0 Å². The second-order valence-corrected chi connectivity index (χ2v) is 6.49. The number of halogens is 1. The molecule has 0 radical (unpaired) electrons. The van der Waals surface area contributed by atoms with E-state index in [1.165, 1.54) is 11.1 Å². The minimum Gasteiger partial charge on any atom is -0.496 e. The second kappa shape index (κ2) is 13.8. The molecule has 29 heavy (non-hydrogen) atoms. The fourth-order valence-corrected chi connectivity index (χ4v) is 2.78. The van der Waals surface area contributed by atoms with Crippen LogP contribution >= 0.6 is 24.0 Å². The first-order valence-corrected chi connectivity index (χ1v) is 9.51. The number of nitrogens with one attached hydrogen (secondary N) is 3. The van der Waals surface area contributed by atoms with Gasteiger partial charge in [-0.3, -0.25) is 9.79 Å². The molecule has 0 heterocycles. The Morgan fingerprint density at radius 3 is 2.34 bits per heavy atom. The molecule has 2 aromatic carbocycles. The molecule has 0 saturated heterocycles. The Kier molecular flexibility index (Phi) is 11.8. The summed E-state index contributed by atoms with van der Waals surface area (Å²) in [4.78, 5) is 16.1. The van der Waals surface area contributed by atoms with E-state index in [-0.39, 0.29) is 36.4 Å². The number of rotatable bonds is 9. The summed E-state index contributed by atoms with van der Waals surface area (Å²) in [6.45, 7) is 3.54. The molecule has 6 nitrogen and oxygen atoms in total. The maximum atomic E-state index is 12.0. The Labute approximate surface area is 190 Å². The molecule has 2 aromatic rings. The molecule has 0 unspecified atom stereocenters. The Morgan fingerprint density at radius 2 is 1.66 bits per heavy atom. The van der Waals surface area contributed by atoms with Crippen LogP contribution in [0.4, 0.5) is 0 Å². The quantitative estimate of drug-likeness (QED) is 0.276. The van der Waals surface area contributed by atoms with Crippen molar-refractivity contribution < 1.29 is 9.53 Å². The first-order valence-electron chi connectivity index (χ1n) is 9.51. The zero-order valence-electron chi connectivity index (χ0n) is 17.3. The second-order valence-electron chi connectivity index (χ2n) is 6.49. The summed E-state index contributed by atoms with van der Waals surface area (Å²) in [5, 5.41) is 9.18. The number of aliphatic imine (C=N–C) groups is 1. The predicted molar refractivity (Wildman–Crippen MR) is 129 cm³/mol. The summed E-state index contributed by atoms with van der Waals surface area (Å²) in [7, 11) is 3.37. The van der Waals surface area contributed by atoms with Gasteiger partial charge in [0.05, 0.1) is 13.7 Å². The lowest BCUT2D eigenvalue weighted by Gasteiger charge is -2.13. The number of hydrogen-bond acceptors (Lipinski definition) is 3. The summed E-state index contributed by atoms with van der Waals surface area (Å²) >= 11 is 0.